The minimum absolute atomic E-state index is 0.209. The number of thiophene rings is 1. The summed E-state index contributed by atoms with van der Waals surface area (Å²) in [6.45, 7) is 6.40. The maximum absolute atomic E-state index is 6.00. The normalized spacial score (nSPS) is 14.1. The van der Waals surface area contributed by atoms with Crippen molar-refractivity contribution in [1.29, 1.82) is 0 Å². The molecular formula is C16H20ClNOS. The molecule has 2 atom stereocenters. The van der Waals surface area contributed by atoms with E-state index in [9.17, 15) is 0 Å². The smallest absolute Gasteiger partial charge is 0.123 e. The topological polar surface area (TPSA) is 21.3 Å². The van der Waals surface area contributed by atoms with Gasteiger partial charge in [-0.2, -0.15) is 0 Å². The van der Waals surface area contributed by atoms with Crippen molar-refractivity contribution in [2.45, 2.75) is 32.9 Å². The summed E-state index contributed by atoms with van der Waals surface area (Å²) in [5.74, 6) is 0.923. The first kappa shape index (κ1) is 15.4. The molecule has 2 unspecified atom stereocenters. The van der Waals surface area contributed by atoms with Gasteiger partial charge in [-0.3, -0.25) is 0 Å². The minimum Gasteiger partial charge on any atom is -0.496 e. The Morgan fingerprint density at radius 1 is 1.15 bits per heavy atom. The third kappa shape index (κ3) is 3.54. The van der Waals surface area contributed by atoms with Gasteiger partial charge in [-0.05, 0) is 39.0 Å². The van der Waals surface area contributed by atoms with Crippen LogP contribution in [0.15, 0.2) is 30.3 Å². The van der Waals surface area contributed by atoms with Gasteiger partial charge in [0.15, 0.2) is 0 Å². The van der Waals surface area contributed by atoms with Crippen molar-refractivity contribution in [3.63, 3.8) is 0 Å². The van der Waals surface area contributed by atoms with E-state index in [0.29, 0.717) is 0 Å². The number of benzene rings is 1. The van der Waals surface area contributed by atoms with Crippen LogP contribution in [0.1, 0.15) is 41.9 Å². The zero-order valence-corrected chi connectivity index (χ0v) is 13.8. The molecule has 0 aliphatic rings. The van der Waals surface area contributed by atoms with Gasteiger partial charge in [0.2, 0.25) is 0 Å². The highest BCUT2D eigenvalue weighted by atomic mass is 35.5. The first-order valence-corrected chi connectivity index (χ1v) is 7.86. The highest BCUT2D eigenvalue weighted by Gasteiger charge is 2.16. The molecule has 0 amide bonds. The first-order valence-electron chi connectivity index (χ1n) is 6.67. The molecule has 1 N–H and O–H groups in total. The largest absolute Gasteiger partial charge is 0.496 e. The summed E-state index contributed by atoms with van der Waals surface area (Å²) in [6, 6.07) is 10.7. The molecule has 0 aliphatic heterocycles. The van der Waals surface area contributed by atoms with Crippen molar-refractivity contribution >= 4 is 22.9 Å². The quantitative estimate of drug-likeness (QED) is 0.826. The number of hydrogen-bond acceptors (Lipinski definition) is 3. The van der Waals surface area contributed by atoms with Gasteiger partial charge in [-0.1, -0.05) is 29.3 Å². The fourth-order valence-electron chi connectivity index (χ4n) is 2.30. The zero-order chi connectivity index (χ0) is 14.7. The van der Waals surface area contributed by atoms with Gasteiger partial charge in [0, 0.05) is 22.5 Å². The van der Waals surface area contributed by atoms with Crippen LogP contribution in [0.2, 0.25) is 4.34 Å². The second-order valence-electron chi connectivity index (χ2n) is 5.00. The SMILES string of the molecule is COc1ccc(C)cc1C(C)NC(C)c1ccc(Cl)s1. The number of rotatable bonds is 5. The average Bonchev–Trinajstić information content (AvgIpc) is 2.85. The number of halogens is 1. The van der Waals surface area contributed by atoms with E-state index in [-0.39, 0.29) is 12.1 Å². The van der Waals surface area contributed by atoms with Crippen LogP contribution < -0.4 is 10.1 Å². The van der Waals surface area contributed by atoms with Crippen molar-refractivity contribution in [2.75, 3.05) is 7.11 Å². The van der Waals surface area contributed by atoms with Crippen LogP contribution in [0.4, 0.5) is 0 Å². The van der Waals surface area contributed by atoms with E-state index in [0.717, 1.165) is 10.1 Å². The highest BCUT2D eigenvalue weighted by molar-refractivity contribution is 7.16. The fraction of sp³-hybridized carbons (Fsp3) is 0.375. The van der Waals surface area contributed by atoms with E-state index < -0.39 is 0 Å². The molecule has 2 rings (SSSR count). The summed E-state index contributed by atoms with van der Waals surface area (Å²) < 4.78 is 6.28. The molecule has 4 heteroatoms. The maximum Gasteiger partial charge on any atom is 0.123 e. The van der Waals surface area contributed by atoms with Gasteiger partial charge in [-0.25, -0.2) is 0 Å². The van der Waals surface area contributed by atoms with Crippen LogP contribution in [0.5, 0.6) is 5.75 Å². The Kier molecular flexibility index (Phi) is 5.08. The molecule has 0 aliphatic carbocycles. The van der Waals surface area contributed by atoms with Gasteiger partial charge >= 0.3 is 0 Å². The Hall–Kier alpha value is -1.03. The van der Waals surface area contributed by atoms with E-state index in [4.69, 9.17) is 16.3 Å². The Morgan fingerprint density at radius 3 is 2.50 bits per heavy atom. The molecule has 20 heavy (non-hydrogen) atoms. The molecule has 1 aromatic carbocycles. The molecule has 2 aromatic rings. The summed E-state index contributed by atoms with van der Waals surface area (Å²) >= 11 is 7.62. The van der Waals surface area contributed by atoms with Crippen LogP contribution in [0.3, 0.4) is 0 Å². The fourth-order valence-corrected chi connectivity index (χ4v) is 3.37. The lowest BCUT2D eigenvalue weighted by Crippen LogP contribution is -2.22. The van der Waals surface area contributed by atoms with Crippen molar-refractivity contribution in [2.24, 2.45) is 0 Å². The van der Waals surface area contributed by atoms with E-state index in [1.165, 1.54) is 16.0 Å². The number of ether oxygens (including phenoxy) is 1. The van der Waals surface area contributed by atoms with Crippen LogP contribution in [-0.4, -0.2) is 7.11 Å². The van der Waals surface area contributed by atoms with Gasteiger partial charge in [0.25, 0.3) is 0 Å². The van der Waals surface area contributed by atoms with Gasteiger partial charge in [-0.15, -0.1) is 11.3 Å². The number of aryl methyl sites for hydroxylation is 1. The molecular weight excluding hydrogens is 290 g/mol. The van der Waals surface area contributed by atoms with Crippen molar-refractivity contribution in [3.05, 3.63) is 50.7 Å². The summed E-state index contributed by atoms with van der Waals surface area (Å²) in [7, 11) is 1.71. The molecule has 0 saturated heterocycles. The van der Waals surface area contributed by atoms with Crippen LogP contribution in [0.25, 0.3) is 0 Å². The standard InChI is InChI=1S/C16H20ClNOS/c1-10-5-6-14(19-4)13(9-10)11(2)18-12(3)15-7-8-16(17)20-15/h5-9,11-12,18H,1-4H3. The van der Waals surface area contributed by atoms with E-state index >= 15 is 0 Å². The second kappa shape index (κ2) is 6.61. The number of nitrogens with one attached hydrogen (secondary N) is 1. The summed E-state index contributed by atoms with van der Waals surface area (Å²) in [4.78, 5) is 1.24. The molecule has 0 spiro atoms. The van der Waals surface area contributed by atoms with Crippen LogP contribution in [-0.2, 0) is 0 Å². The Balaban J connectivity index is 2.15. The van der Waals surface area contributed by atoms with E-state index in [1.807, 2.05) is 12.1 Å². The Morgan fingerprint density at radius 2 is 1.90 bits per heavy atom. The minimum atomic E-state index is 0.209. The third-order valence-corrected chi connectivity index (χ3v) is 4.79. The zero-order valence-electron chi connectivity index (χ0n) is 12.2. The summed E-state index contributed by atoms with van der Waals surface area (Å²) in [5.41, 5.74) is 2.42. The molecule has 2 nitrogen and oxygen atoms in total. The van der Waals surface area contributed by atoms with E-state index in [1.54, 1.807) is 18.4 Å². The average molecular weight is 310 g/mol. The Bertz CT molecular complexity index is 582. The predicted octanol–water partition coefficient (Wildman–Crippen LogP) is 5.13. The molecule has 0 radical (unpaired) electrons. The monoisotopic (exact) mass is 309 g/mol. The van der Waals surface area contributed by atoms with Crippen LogP contribution in [0, 0.1) is 6.92 Å². The lowest BCUT2D eigenvalue weighted by Gasteiger charge is -2.21. The van der Waals surface area contributed by atoms with E-state index in [2.05, 4.69) is 44.3 Å². The molecule has 0 bridgehead atoms. The molecule has 0 saturated carbocycles. The molecule has 108 valence electrons. The van der Waals surface area contributed by atoms with Gasteiger partial charge in [0.05, 0.1) is 11.4 Å². The maximum atomic E-state index is 6.00. The molecule has 1 heterocycles. The van der Waals surface area contributed by atoms with Gasteiger partial charge in [0.1, 0.15) is 5.75 Å². The summed E-state index contributed by atoms with van der Waals surface area (Å²) in [5, 5.41) is 3.60. The third-order valence-electron chi connectivity index (χ3n) is 3.37. The van der Waals surface area contributed by atoms with Crippen molar-refractivity contribution in [1.82, 2.24) is 5.32 Å². The van der Waals surface area contributed by atoms with Crippen molar-refractivity contribution < 1.29 is 4.74 Å². The predicted molar refractivity (Wildman–Crippen MR) is 87.0 cm³/mol. The highest BCUT2D eigenvalue weighted by Crippen LogP contribution is 2.31. The lowest BCUT2D eigenvalue weighted by molar-refractivity contribution is 0.397. The summed E-state index contributed by atoms with van der Waals surface area (Å²) in [6.07, 6.45) is 0. The first-order chi connectivity index (χ1) is 9.51. The van der Waals surface area contributed by atoms with Gasteiger partial charge < -0.3 is 10.1 Å². The Labute approximate surface area is 129 Å². The number of methoxy groups -OCH3 is 1. The van der Waals surface area contributed by atoms with Crippen molar-refractivity contribution in [3.8, 4) is 5.75 Å². The van der Waals surface area contributed by atoms with Crippen LogP contribution >= 0.6 is 22.9 Å². The molecule has 1 aromatic heterocycles. The second-order valence-corrected chi connectivity index (χ2v) is 6.74. The number of hydrogen-bond donors (Lipinski definition) is 1. The lowest BCUT2D eigenvalue weighted by atomic mass is 10.0. The molecule has 0 fully saturated rings.